The zero-order valence-electron chi connectivity index (χ0n) is 20.6. The molecule has 36 heavy (non-hydrogen) atoms. The third-order valence-corrected chi connectivity index (χ3v) is 6.25. The molecule has 1 amide bonds. The molecule has 0 N–H and O–H groups in total. The lowest BCUT2D eigenvalue weighted by Gasteiger charge is -2.33. The maximum Gasteiger partial charge on any atom is 0.263 e. The van der Waals surface area contributed by atoms with Crippen molar-refractivity contribution < 1.29 is 4.79 Å². The van der Waals surface area contributed by atoms with Gasteiger partial charge in [-0.15, -0.1) is 0 Å². The van der Waals surface area contributed by atoms with Crippen molar-refractivity contribution in [3.05, 3.63) is 99.4 Å². The molecule has 0 bridgehead atoms. The number of carbonyl (C=O) groups excluding carboxylic acids is 1. The van der Waals surface area contributed by atoms with Gasteiger partial charge in [0.2, 0.25) is 0 Å². The molecular formula is C27H29ClN6O2. The molecule has 3 heterocycles. The Hall–Kier alpha value is -3.62. The number of fused-ring (bicyclic) bond motifs is 1. The number of carbonyl (C=O) groups is 1. The maximum atomic E-state index is 13.8. The van der Waals surface area contributed by atoms with Gasteiger partial charge in [-0.05, 0) is 50.3 Å². The number of likely N-dealkylation sites (N-methyl/N-ethyl adjacent to an activating group) is 1. The first-order valence-electron chi connectivity index (χ1n) is 11.9. The lowest BCUT2D eigenvalue weighted by atomic mass is 10.1. The number of rotatable bonds is 9. The van der Waals surface area contributed by atoms with Crippen molar-refractivity contribution >= 4 is 28.5 Å². The Morgan fingerprint density at radius 1 is 1.03 bits per heavy atom. The van der Waals surface area contributed by atoms with Gasteiger partial charge < -0.3 is 9.80 Å². The normalized spacial score (nSPS) is 12.1. The summed E-state index contributed by atoms with van der Waals surface area (Å²) < 4.78 is 1.67. The highest BCUT2D eigenvalue weighted by Gasteiger charge is 2.29. The second-order valence-corrected chi connectivity index (χ2v) is 9.20. The predicted molar refractivity (Wildman–Crippen MR) is 141 cm³/mol. The minimum absolute atomic E-state index is 0.182. The first kappa shape index (κ1) is 25.5. The van der Waals surface area contributed by atoms with Crippen LogP contribution in [-0.4, -0.2) is 62.4 Å². The standard InChI is InChI=1S/C27H29ClN6O2/c1-4-22(33(16-15-32(2)3)26(35)20-12-13-23(28)30-17-20)25-31-24-21(11-8-14-29-24)27(36)34(25)18-19-9-6-5-7-10-19/h5-14,17,22H,4,15-16,18H2,1-3H3. The molecule has 3 aromatic heterocycles. The molecule has 9 heteroatoms. The van der Waals surface area contributed by atoms with Gasteiger partial charge in [-0.1, -0.05) is 48.9 Å². The Morgan fingerprint density at radius 3 is 2.47 bits per heavy atom. The molecule has 186 valence electrons. The van der Waals surface area contributed by atoms with Gasteiger partial charge in [0.25, 0.3) is 11.5 Å². The predicted octanol–water partition coefficient (Wildman–Crippen LogP) is 4.04. The summed E-state index contributed by atoms with van der Waals surface area (Å²) in [5.74, 6) is 0.307. The monoisotopic (exact) mass is 504 g/mol. The fourth-order valence-electron chi connectivity index (χ4n) is 4.16. The first-order valence-corrected chi connectivity index (χ1v) is 12.2. The number of nitrogens with zero attached hydrogens (tertiary/aromatic N) is 6. The summed E-state index contributed by atoms with van der Waals surface area (Å²) in [6, 6.07) is 16.0. The highest BCUT2D eigenvalue weighted by Crippen LogP contribution is 2.26. The van der Waals surface area contributed by atoms with Gasteiger partial charge >= 0.3 is 0 Å². The molecule has 1 atom stereocenters. The number of aromatic nitrogens is 4. The Kier molecular flexibility index (Phi) is 8.07. The minimum Gasteiger partial charge on any atom is -0.327 e. The molecule has 0 aliphatic carbocycles. The van der Waals surface area contributed by atoms with Crippen LogP contribution in [0.4, 0.5) is 0 Å². The van der Waals surface area contributed by atoms with Gasteiger partial charge in [0.1, 0.15) is 11.0 Å². The van der Waals surface area contributed by atoms with Crippen molar-refractivity contribution in [1.29, 1.82) is 0 Å². The van der Waals surface area contributed by atoms with E-state index >= 15 is 0 Å². The quantitative estimate of drug-likeness (QED) is 0.320. The summed E-state index contributed by atoms with van der Waals surface area (Å²) >= 11 is 5.96. The van der Waals surface area contributed by atoms with Crippen LogP contribution in [-0.2, 0) is 6.54 Å². The van der Waals surface area contributed by atoms with E-state index in [1.54, 1.807) is 39.9 Å². The largest absolute Gasteiger partial charge is 0.327 e. The number of halogens is 1. The van der Waals surface area contributed by atoms with E-state index in [1.807, 2.05) is 56.3 Å². The van der Waals surface area contributed by atoms with Crippen molar-refractivity contribution in [3.63, 3.8) is 0 Å². The topological polar surface area (TPSA) is 84.2 Å². The van der Waals surface area contributed by atoms with Crippen molar-refractivity contribution in [2.24, 2.45) is 0 Å². The van der Waals surface area contributed by atoms with E-state index in [-0.39, 0.29) is 11.5 Å². The van der Waals surface area contributed by atoms with Crippen LogP contribution in [0.15, 0.2) is 71.8 Å². The molecule has 0 spiro atoms. The number of benzene rings is 1. The Morgan fingerprint density at radius 2 is 1.81 bits per heavy atom. The molecule has 0 aliphatic rings. The highest BCUT2D eigenvalue weighted by molar-refractivity contribution is 6.29. The summed E-state index contributed by atoms with van der Waals surface area (Å²) in [6.45, 7) is 3.40. The SMILES string of the molecule is CCC(c1nc2ncccc2c(=O)n1Cc1ccccc1)N(CCN(C)C)C(=O)c1ccc(Cl)nc1. The molecule has 0 saturated carbocycles. The molecular weight excluding hydrogens is 476 g/mol. The van der Waals surface area contributed by atoms with E-state index in [0.717, 1.165) is 5.56 Å². The molecule has 1 aromatic carbocycles. The first-order chi connectivity index (χ1) is 17.4. The lowest BCUT2D eigenvalue weighted by Crippen LogP contribution is -2.42. The van der Waals surface area contributed by atoms with Gasteiger partial charge in [0.15, 0.2) is 5.65 Å². The fourth-order valence-corrected chi connectivity index (χ4v) is 4.27. The summed E-state index contributed by atoms with van der Waals surface area (Å²) in [5.41, 5.74) is 1.58. The Bertz CT molecular complexity index is 1390. The van der Waals surface area contributed by atoms with Gasteiger partial charge in [0, 0.05) is 25.5 Å². The van der Waals surface area contributed by atoms with Crippen LogP contribution in [0.5, 0.6) is 0 Å². The zero-order valence-corrected chi connectivity index (χ0v) is 21.4. The van der Waals surface area contributed by atoms with Crippen LogP contribution >= 0.6 is 11.6 Å². The van der Waals surface area contributed by atoms with Crippen LogP contribution in [0.25, 0.3) is 11.0 Å². The average molecular weight is 505 g/mol. The van der Waals surface area contributed by atoms with Gasteiger partial charge in [-0.3, -0.25) is 14.2 Å². The number of amides is 1. The third-order valence-electron chi connectivity index (χ3n) is 6.03. The number of pyridine rings is 2. The summed E-state index contributed by atoms with van der Waals surface area (Å²) in [6.07, 6.45) is 3.65. The molecule has 0 saturated heterocycles. The number of hydrogen-bond acceptors (Lipinski definition) is 6. The van der Waals surface area contributed by atoms with E-state index in [9.17, 15) is 9.59 Å². The van der Waals surface area contributed by atoms with Crippen LogP contribution in [0.1, 0.15) is 41.1 Å². The van der Waals surface area contributed by atoms with Gasteiger partial charge in [-0.2, -0.15) is 0 Å². The van der Waals surface area contributed by atoms with Crippen molar-refractivity contribution in [1.82, 2.24) is 29.3 Å². The number of hydrogen-bond donors (Lipinski definition) is 0. The smallest absolute Gasteiger partial charge is 0.263 e. The summed E-state index contributed by atoms with van der Waals surface area (Å²) in [7, 11) is 3.91. The fraction of sp³-hybridized carbons (Fsp3) is 0.296. The maximum absolute atomic E-state index is 13.8. The summed E-state index contributed by atoms with van der Waals surface area (Å²) in [5, 5.41) is 0.762. The second-order valence-electron chi connectivity index (χ2n) is 8.82. The van der Waals surface area contributed by atoms with Crippen molar-refractivity contribution in [2.75, 3.05) is 27.2 Å². The van der Waals surface area contributed by atoms with Crippen molar-refractivity contribution in [2.45, 2.75) is 25.9 Å². The third kappa shape index (κ3) is 5.61. The molecule has 4 aromatic rings. The van der Waals surface area contributed by atoms with Crippen LogP contribution in [0.3, 0.4) is 0 Å². The van der Waals surface area contributed by atoms with E-state index in [0.29, 0.717) is 53.6 Å². The Balaban J connectivity index is 1.87. The van der Waals surface area contributed by atoms with E-state index in [4.69, 9.17) is 16.6 Å². The molecule has 8 nitrogen and oxygen atoms in total. The van der Waals surface area contributed by atoms with Crippen LogP contribution in [0, 0.1) is 0 Å². The second kappa shape index (κ2) is 11.4. The molecule has 4 rings (SSSR count). The molecule has 0 fully saturated rings. The van der Waals surface area contributed by atoms with Gasteiger partial charge in [-0.25, -0.2) is 15.0 Å². The van der Waals surface area contributed by atoms with Crippen molar-refractivity contribution in [3.8, 4) is 0 Å². The van der Waals surface area contributed by atoms with E-state index in [1.165, 1.54) is 6.20 Å². The summed E-state index contributed by atoms with van der Waals surface area (Å²) in [4.78, 5) is 44.5. The Labute approximate surface area is 215 Å². The van der Waals surface area contributed by atoms with E-state index < -0.39 is 6.04 Å². The molecule has 0 radical (unpaired) electrons. The van der Waals surface area contributed by atoms with E-state index in [2.05, 4.69) is 9.97 Å². The van der Waals surface area contributed by atoms with Crippen LogP contribution < -0.4 is 5.56 Å². The zero-order chi connectivity index (χ0) is 25.7. The van der Waals surface area contributed by atoms with Gasteiger partial charge in [0.05, 0.1) is 23.5 Å². The van der Waals surface area contributed by atoms with Crippen LogP contribution in [0.2, 0.25) is 5.15 Å². The lowest BCUT2D eigenvalue weighted by molar-refractivity contribution is 0.0641. The molecule has 1 unspecified atom stereocenters. The molecule has 0 aliphatic heterocycles. The highest BCUT2D eigenvalue weighted by atomic mass is 35.5. The average Bonchev–Trinajstić information content (AvgIpc) is 2.89. The minimum atomic E-state index is -0.462.